The number of rotatable bonds is 5. The van der Waals surface area contributed by atoms with Crippen LogP contribution in [0.1, 0.15) is 51.8 Å². The number of nitrogens with zero attached hydrogens (tertiary/aromatic N) is 2. The Hall–Kier alpha value is -1.22. The van der Waals surface area contributed by atoms with Crippen LogP contribution in [0.3, 0.4) is 0 Å². The van der Waals surface area contributed by atoms with Gasteiger partial charge in [-0.25, -0.2) is 9.97 Å². The normalized spacial score (nSPS) is 23.8. The lowest BCUT2D eigenvalue weighted by Gasteiger charge is -2.32. The van der Waals surface area contributed by atoms with Crippen LogP contribution in [0.15, 0.2) is 24.5 Å². The third kappa shape index (κ3) is 3.39. The summed E-state index contributed by atoms with van der Waals surface area (Å²) in [6, 6.07) is 1.85. The van der Waals surface area contributed by atoms with E-state index in [9.17, 15) is 0 Å². The van der Waals surface area contributed by atoms with Gasteiger partial charge in [-0.2, -0.15) is 0 Å². The van der Waals surface area contributed by atoms with E-state index in [1.54, 1.807) is 12.4 Å². The predicted molar refractivity (Wildman–Crippen MR) is 73.1 cm³/mol. The highest BCUT2D eigenvalue weighted by Gasteiger charge is 2.28. The van der Waals surface area contributed by atoms with E-state index in [4.69, 9.17) is 4.74 Å². The summed E-state index contributed by atoms with van der Waals surface area (Å²) in [7, 11) is 0. The van der Waals surface area contributed by atoms with Gasteiger partial charge in [0, 0.05) is 19.0 Å². The molecule has 3 heteroatoms. The molecule has 0 bridgehead atoms. The molecule has 1 aliphatic carbocycles. The highest BCUT2D eigenvalue weighted by molar-refractivity contribution is 5.60. The van der Waals surface area contributed by atoms with E-state index in [0.717, 1.165) is 38.1 Å². The standard InChI is InChI=1S/C15H22N2O/c1-3-4-12-18-15(2)8-6-13(7-9-15)14-16-10-5-11-17-14/h5-6,10-11H,3-4,7-9,12H2,1-2H3. The summed E-state index contributed by atoms with van der Waals surface area (Å²) < 4.78 is 6.01. The van der Waals surface area contributed by atoms with E-state index in [0.29, 0.717) is 0 Å². The fourth-order valence-electron chi connectivity index (χ4n) is 2.20. The third-order valence-electron chi connectivity index (χ3n) is 3.50. The van der Waals surface area contributed by atoms with Crippen LogP contribution < -0.4 is 0 Å². The van der Waals surface area contributed by atoms with Crippen LogP contribution in [0.25, 0.3) is 5.57 Å². The largest absolute Gasteiger partial charge is 0.375 e. The molecule has 1 aliphatic rings. The first-order valence-corrected chi connectivity index (χ1v) is 6.84. The average Bonchev–Trinajstić information content (AvgIpc) is 2.41. The summed E-state index contributed by atoms with van der Waals surface area (Å²) in [5.74, 6) is 0.869. The topological polar surface area (TPSA) is 35.0 Å². The molecule has 98 valence electrons. The quantitative estimate of drug-likeness (QED) is 0.744. The minimum atomic E-state index is 0.00739. The first-order chi connectivity index (χ1) is 8.73. The maximum atomic E-state index is 6.01. The smallest absolute Gasteiger partial charge is 0.154 e. The van der Waals surface area contributed by atoms with E-state index >= 15 is 0 Å². The second-order valence-electron chi connectivity index (χ2n) is 5.16. The molecule has 0 fully saturated rings. The van der Waals surface area contributed by atoms with Gasteiger partial charge in [-0.3, -0.25) is 0 Å². The Bertz CT molecular complexity index is 402. The molecule has 3 nitrogen and oxygen atoms in total. The Balaban J connectivity index is 1.95. The molecule has 1 heterocycles. The molecule has 1 atom stereocenters. The summed E-state index contributed by atoms with van der Waals surface area (Å²) in [4.78, 5) is 8.61. The van der Waals surface area contributed by atoms with Crippen molar-refractivity contribution < 1.29 is 4.74 Å². The zero-order valence-electron chi connectivity index (χ0n) is 11.4. The molecule has 1 aromatic rings. The van der Waals surface area contributed by atoms with Gasteiger partial charge < -0.3 is 4.74 Å². The van der Waals surface area contributed by atoms with Crippen LogP contribution in [0.4, 0.5) is 0 Å². The van der Waals surface area contributed by atoms with Gasteiger partial charge in [0.1, 0.15) is 0 Å². The molecule has 0 amide bonds. The first kappa shape index (κ1) is 13.2. The molecule has 18 heavy (non-hydrogen) atoms. The van der Waals surface area contributed by atoms with Gasteiger partial charge in [0.2, 0.25) is 0 Å². The lowest BCUT2D eigenvalue weighted by molar-refractivity contribution is -0.0378. The Morgan fingerprint density at radius 1 is 1.33 bits per heavy atom. The van der Waals surface area contributed by atoms with Gasteiger partial charge in [-0.15, -0.1) is 0 Å². The van der Waals surface area contributed by atoms with Crippen molar-refractivity contribution >= 4 is 5.57 Å². The third-order valence-corrected chi connectivity index (χ3v) is 3.50. The number of aromatic nitrogens is 2. The number of unbranched alkanes of at least 4 members (excludes halogenated alkanes) is 1. The van der Waals surface area contributed by atoms with Crippen molar-refractivity contribution in [3.63, 3.8) is 0 Å². The van der Waals surface area contributed by atoms with E-state index in [1.165, 1.54) is 12.0 Å². The van der Waals surface area contributed by atoms with Gasteiger partial charge in [0.25, 0.3) is 0 Å². The minimum Gasteiger partial charge on any atom is -0.375 e. The fourth-order valence-corrected chi connectivity index (χ4v) is 2.20. The maximum Gasteiger partial charge on any atom is 0.154 e. The zero-order valence-corrected chi connectivity index (χ0v) is 11.4. The number of ether oxygens (including phenoxy) is 1. The first-order valence-electron chi connectivity index (χ1n) is 6.84. The number of hydrogen-bond acceptors (Lipinski definition) is 3. The molecule has 0 spiro atoms. The van der Waals surface area contributed by atoms with Gasteiger partial charge in [-0.1, -0.05) is 19.4 Å². The highest BCUT2D eigenvalue weighted by atomic mass is 16.5. The van der Waals surface area contributed by atoms with E-state index in [-0.39, 0.29) is 5.60 Å². The highest BCUT2D eigenvalue weighted by Crippen LogP contribution is 2.33. The molecule has 1 unspecified atom stereocenters. The summed E-state index contributed by atoms with van der Waals surface area (Å²) in [5.41, 5.74) is 1.26. The van der Waals surface area contributed by atoms with Crippen LogP contribution in [0, 0.1) is 0 Å². The van der Waals surface area contributed by atoms with Crippen LogP contribution >= 0.6 is 0 Å². The summed E-state index contributed by atoms with van der Waals surface area (Å²) >= 11 is 0. The van der Waals surface area contributed by atoms with Crippen molar-refractivity contribution in [1.82, 2.24) is 9.97 Å². The van der Waals surface area contributed by atoms with Gasteiger partial charge in [0.15, 0.2) is 5.82 Å². The summed E-state index contributed by atoms with van der Waals surface area (Å²) in [5, 5.41) is 0. The van der Waals surface area contributed by atoms with Gasteiger partial charge in [-0.05, 0) is 44.2 Å². The van der Waals surface area contributed by atoms with Crippen molar-refractivity contribution in [2.75, 3.05) is 6.61 Å². The van der Waals surface area contributed by atoms with Crippen LogP contribution in [0.5, 0.6) is 0 Å². The van der Waals surface area contributed by atoms with Crippen LogP contribution in [0.2, 0.25) is 0 Å². The second kappa shape index (κ2) is 6.10. The molecular formula is C15H22N2O. The maximum absolute atomic E-state index is 6.01. The molecule has 0 aromatic carbocycles. The van der Waals surface area contributed by atoms with E-state index in [2.05, 4.69) is 29.9 Å². The minimum absolute atomic E-state index is 0.00739. The Morgan fingerprint density at radius 3 is 2.72 bits per heavy atom. The Kier molecular flexibility index (Phi) is 4.48. The summed E-state index contributed by atoms with van der Waals surface area (Å²) in [6.45, 7) is 5.27. The number of allylic oxidation sites excluding steroid dienone is 1. The molecule has 2 rings (SSSR count). The Labute approximate surface area is 109 Å². The molecule has 0 saturated heterocycles. The SMILES string of the molecule is CCCCOC1(C)CC=C(c2ncccn2)CC1. The molecule has 0 aliphatic heterocycles. The van der Waals surface area contributed by atoms with Crippen molar-refractivity contribution in [2.45, 2.75) is 51.6 Å². The van der Waals surface area contributed by atoms with E-state index < -0.39 is 0 Å². The van der Waals surface area contributed by atoms with E-state index in [1.807, 2.05) is 6.07 Å². The van der Waals surface area contributed by atoms with Crippen molar-refractivity contribution in [3.8, 4) is 0 Å². The predicted octanol–water partition coefficient (Wildman–Crippen LogP) is 3.62. The van der Waals surface area contributed by atoms with Crippen molar-refractivity contribution in [3.05, 3.63) is 30.4 Å². The molecular weight excluding hydrogens is 224 g/mol. The molecule has 0 radical (unpaired) electrons. The summed E-state index contributed by atoms with van der Waals surface area (Å²) in [6.07, 6.45) is 11.2. The Morgan fingerprint density at radius 2 is 2.11 bits per heavy atom. The monoisotopic (exact) mass is 246 g/mol. The second-order valence-corrected chi connectivity index (χ2v) is 5.16. The molecule has 1 aromatic heterocycles. The van der Waals surface area contributed by atoms with Gasteiger partial charge >= 0.3 is 0 Å². The molecule has 0 saturated carbocycles. The van der Waals surface area contributed by atoms with Crippen LogP contribution in [-0.4, -0.2) is 22.2 Å². The zero-order chi connectivity index (χ0) is 12.8. The lowest BCUT2D eigenvalue weighted by atomic mass is 9.86. The lowest BCUT2D eigenvalue weighted by Crippen LogP contribution is -2.31. The number of hydrogen-bond donors (Lipinski definition) is 0. The molecule has 0 N–H and O–H groups in total. The van der Waals surface area contributed by atoms with Crippen molar-refractivity contribution in [1.29, 1.82) is 0 Å². The van der Waals surface area contributed by atoms with Crippen molar-refractivity contribution in [2.24, 2.45) is 0 Å². The fraction of sp³-hybridized carbons (Fsp3) is 0.600. The van der Waals surface area contributed by atoms with Crippen LogP contribution in [-0.2, 0) is 4.74 Å². The average molecular weight is 246 g/mol. The van der Waals surface area contributed by atoms with Gasteiger partial charge in [0.05, 0.1) is 5.60 Å².